The van der Waals surface area contributed by atoms with Gasteiger partial charge in [0, 0.05) is 42.3 Å². The third-order valence-electron chi connectivity index (χ3n) is 9.49. The Labute approximate surface area is 252 Å². The average Bonchev–Trinajstić information content (AvgIpc) is 3.51. The molecule has 0 spiro atoms. The highest BCUT2D eigenvalue weighted by Crippen LogP contribution is 2.41. The van der Waals surface area contributed by atoms with Gasteiger partial charge in [0.15, 0.2) is 5.69 Å². The Morgan fingerprint density at radius 3 is 2.53 bits per heavy atom. The number of nitrogens with zero attached hydrogens (tertiary/aromatic N) is 4. The van der Waals surface area contributed by atoms with E-state index in [-0.39, 0.29) is 22.4 Å². The highest BCUT2D eigenvalue weighted by molar-refractivity contribution is 6.07. The van der Waals surface area contributed by atoms with Crippen LogP contribution >= 0.6 is 0 Å². The number of nitrogens with two attached hydrogens (primary N) is 1. The zero-order chi connectivity index (χ0) is 30.4. The summed E-state index contributed by atoms with van der Waals surface area (Å²) in [6, 6.07) is 14.6. The van der Waals surface area contributed by atoms with Crippen molar-refractivity contribution < 1.29 is 9.59 Å². The van der Waals surface area contributed by atoms with E-state index in [1.807, 2.05) is 30.0 Å². The zero-order valence-electron chi connectivity index (χ0n) is 26.0. The van der Waals surface area contributed by atoms with Gasteiger partial charge in [-0.15, -0.1) is 0 Å². The highest BCUT2D eigenvalue weighted by Gasteiger charge is 2.37. The fourth-order valence-corrected chi connectivity index (χ4v) is 7.22. The van der Waals surface area contributed by atoms with Crippen LogP contribution in [0.3, 0.4) is 0 Å². The summed E-state index contributed by atoms with van der Waals surface area (Å²) in [5.41, 5.74) is 15.9. The largest absolute Gasteiger partial charge is 0.364 e. The van der Waals surface area contributed by atoms with E-state index in [9.17, 15) is 9.59 Å². The average molecular weight is 577 g/mol. The van der Waals surface area contributed by atoms with Crippen LogP contribution < -0.4 is 16.0 Å². The molecule has 222 valence electrons. The Balaban J connectivity index is 1.26. The van der Waals surface area contributed by atoms with Crippen molar-refractivity contribution in [2.45, 2.75) is 79.3 Å². The maximum Gasteiger partial charge on any atom is 0.274 e. The predicted molar refractivity (Wildman–Crippen MR) is 170 cm³/mol. The van der Waals surface area contributed by atoms with E-state index in [1.54, 1.807) is 0 Å². The minimum atomic E-state index is -0.575. The van der Waals surface area contributed by atoms with Crippen molar-refractivity contribution in [3.05, 3.63) is 81.8 Å². The van der Waals surface area contributed by atoms with Crippen molar-refractivity contribution in [1.29, 1.82) is 0 Å². The Morgan fingerprint density at radius 1 is 1.00 bits per heavy atom. The first-order valence-corrected chi connectivity index (χ1v) is 15.3. The first-order chi connectivity index (χ1) is 20.3. The summed E-state index contributed by atoms with van der Waals surface area (Å²) in [6.07, 6.45) is 2.79. The van der Waals surface area contributed by atoms with E-state index in [0.29, 0.717) is 24.7 Å². The summed E-state index contributed by atoms with van der Waals surface area (Å²) in [6.45, 7) is 15.3. The number of hydrogen-bond donors (Lipinski definition) is 2. The summed E-state index contributed by atoms with van der Waals surface area (Å²) in [7, 11) is 0. The lowest BCUT2D eigenvalue weighted by Crippen LogP contribution is -2.41. The van der Waals surface area contributed by atoms with Gasteiger partial charge in [0.2, 0.25) is 0 Å². The monoisotopic (exact) mass is 576 g/mol. The fraction of sp³-hybridized carbons (Fsp3) is 0.400. The molecule has 3 N–H and O–H groups in total. The third-order valence-corrected chi connectivity index (χ3v) is 9.49. The van der Waals surface area contributed by atoms with Gasteiger partial charge in [-0.1, -0.05) is 58.9 Å². The molecular formula is C35H40N6O2. The number of rotatable bonds is 3. The number of carbonyl (C=O) groups excluding carboxylic acids is 2. The van der Waals surface area contributed by atoms with Gasteiger partial charge in [-0.05, 0) is 77.5 Å². The minimum absolute atomic E-state index is 0.0313. The molecule has 3 aliphatic rings. The molecule has 0 radical (unpaired) electrons. The maximum atomic E-state index is 13.9. The second-order valence-electron chi connectivity index (χ2n) is 14.2. The standard InChI is InChI=1S/C35H40N6O2/c1-20-24(8-7-9-26(20)40-15-14-39-27(33(40)43)17-22-18-35(5,6)19-28(22)39)31-38-29(30(36)42)32-37-25-11-10-23(34(2,3)4)16-21(25)12-13-41(31)32/h7-11,16-17,37H,12-15,18-19H2,1-6H3,(H2,36,42). The minimum Gasteiger partial charge on any atom is -0.364 e. The second-order valence-corrected chi connectivity index (χ2v) is 14.2. The first kappa shape index (κ1) is 27.5. The van der Waals surface area contributed by atoms with Gasteiger partial charge in [0.25, 0.3) is 11.8 Å². The van der Waals surface area contributed by atoms with Crippen molar-refractivity contribution in [3.63, 3.8) is 0 Å². The number of anilines is 3. The van der Waals surface area contributed by atoms with Gasteiger partial charge in [-0.2, -0.15) is 0 Å². The molecule has 8 nitrogen and oxygen atoms in total. The number of imidazole rings is 1. The van der Waals surface area contributed by atoms with Gasteiger partial charge in [0.05, 0.1) is 0 Å². The Kier molecular flexibility index (Phi) is 5.97. The summed E-state index contributed by atoms with van der Waals surface area (Å²) in [5.74, 6) is 0.743. The fourth-order valence-electron chi connectivity index (χ4n) is 7.22. The topological polar surface area (TPSA) is 98.2 Å². The molecule has 4 aromatic rings. The number of aryl methyl sites for hydroxylation is 1. The molecule has 0 bridgehead atoms. The molecule has 0 atom stereocenters. The maximum absolute atomic E-state index is 13.9. The van der Waals surface area contributed by atoms with Gasteiger partial charge in [-0.25, -0.2) is 4.98 Å². The molecule has 0 unspecified atom stereocenters. The molecule has 0 fully saturated rings. The molecule has 1 aliphatic carbocycles. The lowest BCUT2D eigenvalue weighted by molar-refractivity contribution is 0.0962. The Bertz CT molecular complexity index is 1830. The number of amides is 2. The number of primary amides is 1. The lowest BCUT2D eigenvalue weighted by Gasteiger charge is -2.31. The third kappa shape index (κ3) is 4.37. The van der Waals surface area contributed by atoms with E-state index >= 15 is 0 Å². The summed E-state index contributed by atoms with van der Waals surface area (Å²) >= 11 is 0. The quantitative estimate of drug-likeness (QED) is 0.306. The van der Waals surface area contributed by atoms with Crippen LogP contribution in [0.25, 0.3) is 11.4 Å². The predicted octanol–water partition coefficient (Wildman–Crippen LogP) is 6.14. The molecule has 4 heterocycles. The number of benzene rings is 2. The number of aromatic nitrogens is 3. The van der Waals surface area contributed by atoms with Gasteiger partial charge in [-0.3, -0.25) is 9.59 Å². The van der Waals surface area contributed by atoms with Crippen LogP contribution in [0.1, 0.15) is 83.5 Å². The van der Waals surface area contributed by atoms with Gasteiger partial charge in [0.1, 0.15) is 17.3 Å². The van der Waals surface area contributed by atoms with E-state index in [0.717, 1.165) is 54.0 Å². The van der Waals surface area contributed by atoms with E-state index < -0.39 is 5.91 Å². The molecule has 7 rings (SSSR count). The van der Waals surface area contributed by atoms with Gasteiger partial charge >= 0.3 is 0 Å². The number of nitrogens with one attached hydrogen (secondary N) is 1. The van der Waals surface area contributed by atoms with Crippen molar-refractivity contribution >= 4 is 29.0 Å². The van der Waals surface area contributed by atoms with Crippen molar-refractivity contribution in [3.8, 4) is 11.4 Å². The van der Waals surface area contributed by atoms with Crippen molar-refractivity contribution in [1.82, 2.24) is 14.1 Å². The molecule has 2 aromatic heterocycles. The smallest absolute Gasteiger partial charge is 0.274 e. The first-order valence-electron chi connectivity index (χ1n) is 15.3. The SMILES string of the molecule is Cc1c(-c2nc(C(N)=O)c3n2CCc2cc(C(C)(C)C)ccc2N3)cccc1N1CCn2c(cc3c2CC(C)(C)C3)C1=O. The number of fused-ring (bicyclic) bond motifs is 5. The molecule has 0 saturated carbocycles. The number of hydrogen-bond acceptors (Lipinski definition) is 4. The van der Waals surface area contributed by atoms with Crippen LogP contribution in [-0.4, -0.2) is 32.5 Å². The molecule has 8 heteroatoms. The second kappa shape index (κ2) is 9.33. The molecule has 2 amide bonds. The lowest BCUT2D eigenvalue weighted by atomic mass is 9.85. The summed E-state index contributed by atoms with van der Waals surface area (Å²) < 4.78 is 4.31. The van der Waals surface area contributed by atoms with Crippen LogP contribution in [0.15, 0.2) is 42.5 Å². The van der Waals surface area contributed by atoms with Crippen LogP contribution in [0.4, 0.5) is 17.2 Å². The Morgan fingerprint density at radius 2 is 1.79 bits per heavy atom. The van der Waals surface area contributed by atoms with Gasteiger partial charge < -0.3 is 25.1 Å². The van der Waals surface area contributed by atoms with E-state index in [1.165, 1.54) is 22.4 Å². The van der Waals surface area contributed by atoms with Crippen molar-refractivity contribution in [2.75, 3.05) is 16.8 Å². The molecule has 2 aliphatic heterocycles. The molecular weight excluding hydrogens is 536 g/mol. The molecule has 0 saturated heterocycles. The number of carbonyl (C=O) groups is 2. The summed E-state index contributed by atoms with van der Waals surface area (Å²) in [4.78, 5) is 33.2. The van der Waals surface area contributed by atoms with Crippen LogP contribution in [0.2, 0.25) is 0 Å². The van der Waals surface area contributed by atoms with Crippen LogP contribution in [0, 0.1) is 12.3 Å². The summed E-state index contributed by atoms with van der Waals surface area (Å²) in [5, 5.41) is 3.49. The molecule has 2 aromatic carbocycles. The molecule has 43 heavy (non-hydrogen) atoms. The van der Waals surface area contributed by atoms with Crippen LogP contribution in [-0.2, 0) is 37.8 Å². The van der Waals surface area contributed by atoms with Crippen LogP contribution in [0.5, 0.6) is 0 Å². The van der Waals surface area contributed by atoms with Crippen molar-refractivity contribution in [2.24, 2.45) is 11.1 Å². The zero-order valence-corrected chi connectivity index (χ0v) is 26.0. The normalized spacial score (nSPS) is 17.1. The van der Waals surface area contributed by atoms with E-state index in [4.69, 9.17) is 10.7 Å². The Hall–Kier alpha value is -4.33. The van der Waals surface area contributed by atoms with E-state index in [2.05, 4.69) is 73.3 Å². The highest BCUT2D eigenvalue weighted by atomic mass is 16.2.